The van der Waals surface area contributed by atoms with Crippen molar-refractivity contribution in [2.75, 3.05) is 30.9 Å². The lowest BCUT2D eigenvalue weighted by atomic mass is 10.0. The summed E-state index contributed by atoms with van der Waals surface area (Å²) >= 11 is 6.15. The Balaban J connectivity index is 1.82. The molecule has 0 saturated carbocycles. The Bertz CT molecular complexity index is 1140. The summed E-state index contributed by atoms with van der Waals surface area (Å²) in [5.74, 6) is -1.96. The molecule has 0 radical (unpaired) electrons. The summed E-state index contributed by atoms with van der Waals surface area (Å²) in [6.07, 6.45) is 2.34. The van der Waals surface area contributed by atoms with Gasteiger partial charge < -0.3 is 15.0 Å². The third-order valence-electron chi connectivity index (χ3n) is 4.97. The van der Waals surface area contributed by atoms with E-state index in [-0.39, 0.29) is 17.2 Å². The van der Waals surface area contributed by atoms with E-state index in [1.54, 1.807) is 25.1 Å². The number of halogens is 3. The quantitative estimate of drug-likeness (QED) is 0.673. The molecule has 0 spiro atoms. The van der Waals surface area contributed by atoms with Crippen molar-refractivity contribution in [2.24, 2.45) is 0 Å². The summed E-state index contributed by atoms with van der Waals surface area (Å²) in [7, 11) is -3.33. The first-order chi connectivity index (χ1) is 15.1. The number of benzene rings is 2. The first kappa shape index (κ1) is 24.2. The molecule has 0 bridgehead atoms. The molecule has 0 aromatic heterocycles. The van der Waals surface area contributed by atoms with Crippen molar-refractivity contribution in [2.45, 2.75) is 19.0 Å². The van der Waals surface area contributed by atoms with Gasteiger partial charge in [0.1, 0.15) is 11.6 Å². The summed E-state index contributed by atoms with van der Waals surface area (Å²) in [4.78, 5) is 14.3. The molecule has 1 aliphatic heterocycles. The van der Waals surface area contributed by atoms with E-state index in [2.05, 4.69) is 5.32 Å². The van der Waals surface area contributed by atoms with E-state index >= 15 is 0 Å². The van der Waals surface area contributed by atoms with Crippen LogP contribution in [0.15, 0.2) is 47.9 Å². The van der Waals surface area contributed by atoms with E-state index in [9.17, 15) is 22.0 Å². The van der Waals surface area contributed by atoms with Gasteiger partial charge in [-0.2, -0.15) is 0 Å². The summed E-state index contributed by atoms with van der Waals surface area (Å²) in [5.41, 5.74) is 0.847. The normalized spacial score (nSPS) is 18.0. The van der Waals surface area contributed by atoms with Crippen LogP contribution < -0.4 is 10.2 Å². The molecule has 2 aromatic carbocycles. The van der Waals surface area contributed by atoms with Gasteiger partial charge in [-0.1, -0.05) is 29.8 Å². The zero-order chi connectivity index (χ0) is 23.5. The van der Waals surface area contributed by atoms with Crippen LogP contribution in [0.4, 0.5) is 14.5 Å². The fourth-order valence-corrected chi connectivity index (χ4v) is 4.18. The average Bonchev–Trinajstić information content (AvgIpc) is 2.73. The SMILES string of the molecule is C[C@H](/C=C/S(C)(=O)=O)NC(=O)c1ccc(N2CCOCC2c2cccc(F)c2Cl)cc1F. The van der Waals surface area contributed by atoms with Gasteiger partial charge in [0.2, 0.25) is 0 Å². The highest BCUT2D eigenvalue weighted by Gasteiger charge is 2.28. The molecule has 1 saturated heterocycles. The van der Waals surface area contributed by atoms with Gasteiger partial charge in [-0.25, -0.2) is 17.2 Å². The van der Waals surface area contributed by atoms with Crippen LogP contribution in [0.3, 0.4) is 0 Å². The average molecular weight is 485 g/mol. The van der Waals surface area contributed by atoms with Crippen LogP contribution in [-0.4, -0.2) is 46.4 Å². The number of morpholine rings is 1. The summed E-state index contributed by atoms with van der Waals surface area (Å²) < 4.78 is 56.7. The number of ether oxygens (including phenoxy) is 1. The number of carbonyl (C=O) groups is 1. The fraction of sp³-hybridized carbons (Fsp3) is 0.318. The van der Waals surface area contributed by atoms with Crippen LogP contribution in [0.2, 0.25) is 5.02 Å². The molecule has 1 heterocycles. The van der Waals surface area contributed by atoms with Crippen molar-refractivity contribution in [3.05, 3.63) is 75.7 Å². The van der Waals surface area contributed by atoms with Gasteiger partial charge in [0, 0.05) is 29.9 Å². The molecule has 1 unspecified atom stereocenters. The highest BCUT2D eigenvalue weighted by Crippen LogP contribution is 2.35. The molecule has 2 aromatic rings. The topological polar surface area (TPSA) is 75.7 Å². The van der Waals surface area contributed by atoms with Gasteiger partial charge in [-0.3, -0.25) is 4.79 Å². The molecule has 172 valence electrons. The molecule has 3 rings (SSSR count). The summed E-state index contributed by atoms with van der Waals surface area (Å²) in [5, 5.41) is 3.50. The maximum absolute atomic E-state index is 14.8. The Kier molecular flexibility index (Phi) is 7.53. The van der Waals surface area contributed by atoms with Crippen molar-refractivity contribution in [1.29, 1.82) is 0 Å². The maximum Gasteiger partial charge on any atom is 0.254 e. The van der Waals surface area contributed by atoms with Crippen LogP contribution in [0.5, 0.6) is 0 Å². The fourth-order valence-electron chi connectivity index (χ4n) is 3.41. The van der Waals surface area contributed by atoms with Crippen molar-refractivity contribution in [1.82, 2.24) is 5.32 Å². The second kappa shape index (κ2) is 9.97. The molecule has 6 nitrogen and oxygen atoms in total. The first-order valence-corrected chi connectivity index (χ1v) is 12.2. The van der Waals surface area contributed by atoms with E-state index in [4.69, 9.17) is 16.3 Å². The molecule has 32 heavy (non-hydrogen) atoms. The molecule has 1 fully saturated rings. The molecule has 1 aliphatic rings. The number of hydrogen-bond donors (Lipinski definition) is 1. The molecule has 10 heteroatoms. The Morgan fingerprint density at radius 1 is 1.28 bits per heavy atom. The number of nitrogens with zero attached hydrogens (tertiary/aromatic N) is 1. The Labute approximate surface area is 190 Å². The zero-order valence-electron chi connectivity index (χ0n) is 17.5. The largest absolute Gasteiger partial charge is 0.377 e. The van der Waals surface area contributed by atoms with Gasteiger partial charge in [0.05, 0.1) is 29.8 Å². The van der Waals surface area contributed by atoms with Crippen molar-refractivity contribution in [3.8, 4) is 0 Å². The van der Waals surface area contributed by atoms with Crippen LogP contribution in [-0.2, 0) is 14.6 Å². The Morgan fingerprint density at radius 3 is 2.72 bits per heavy atom. The van der Waals surface area contributed by atoms with Crippen LogP contribution in [0.25, 0.3) is 0 Å². The van der Waals surface area contributed by atoms with E-state index in [0.29, 0.717) is 24.4 Å². The predicted octanol–water partition coefficient (Wildman–Crippen LogP) is 3.87. The van der Waals surface area contributed by atoms with E-state index in [0.717, 1.165) is 11.7 Å². The van der Waals surface area contributed by atoms with Gasteiger partial charge in [-0.15, -0.1) is 0 Å². The van der Waals surface area contributed by atoms with Crippen LogP contribution in [0, 0.1) is 11.6 Å². The summed E-state index contributed by atoms with van der Waals surface area (Å²) in [6.45, 7) is 2.65. The number of sulfone groups is 1. The predicted molar refractivity (Wildman–Crippen MR) is 120 cm³/mol. The van der Waals surface area contributed by atoms with Crippen molar-refractivity contribution in [3.63, 3.8) is 0 Å². The lowest BCUT2D eigenvalue weighted by Crippen LogP contribution is -2.40. The number of amides is 1. The van der Waals surface area contributed by atoms with Crippen molar-refractivity contribution < 1.29 is 26.7 Å². The van der Waals surface area contributed by atoms with Crippen LogP contribution >= 0.6 is 11.6 Å². The zero-order valence-corrected chi connectivity index (χ0v) is 19.1. The van der Waals surface area contributed by atoms with E-state index < -0.39 is 39.5 Å². The monoisotopic (exact) mass is 484 g/mol. The molecule has 1 amide bonds. The minimum Gasteiger partial charge on any atom is -0.377 e. The maximum atomic E-state index is 14.8. The number of nitrogens with one attached hydrogen (secondary N) is 1. The van der Waals surface area contributed by atoms with E-state index in [1.807, 2.05) is 4.90 Å². The second-order valence-electron chi connectivity index (χ2n) is 7.51. The number of hydrogen-bond acceptors (Lipinski definition) is 5. The highest BCUT2D eigenvalue weighted by atomic mass is 35.5. The number of carbonyl (C=O) groups excluding carboxylic acids is 1. The van der Waals surface area contributed by atoms with E-state index in [1.165, 1.54) is 24.3 Å². The molecule has 2 atom stereocenters. The minimum absolute atomic E-state index is 0.0133. The lowest BCUT2D eigenvalue weighted by Gasteiger charge is -2.38. The van der Waals surface area contributed by atoms with Gasteiger partial charge in [-0.05, 0) is 36.8 Å². The lowest BCUT2D eigenvalue weighted by molar-refractivity contribution is 0.0934. The molecular weight excluding hydrogens is 462 g/mol. The number of anilines is 1. The summed E-state index contributed by atoms with van der Waals surface area (Å²) in [6, 6.07) is 7.66. The smallest absolute Gasteiger partial charge is 0.254 e. The van der Waals surface area contributed by atoms with Crippen molar-refractivity contribution >= 4 is 33.0 Å². The molecule has 0 aliphatic carbocycles. The molecule has 1 N–H and O–H groups in total. The molecular formula is C22H23ClF2N2O4S. The Hall–Kier alpha value is -2.49. The van der Waals surface area contributed by atoms with Gasteiger partial charge in [0.25, 0.3) is 5.91 Å². The second-order valence-corrected chi connectivity index (χ2v) is 9.82. The first-order valence-electron chi connectivity index (χ1n) is 9.84. The van der Waals surface area contributed by atoms with Crippen LogP contribution in [0.1, 0.15) is 28.9 Å². The van der Waals surface area contributed by atoms with Gasteiger partial charge >= 0.3 is 0 Å². The third kappa shape index (κ3) is 5.85. The standard InChI is InChI=1S/C22H23ClF2N2O4S/c1-14(8-11-32(2,29)30)26-22(28)16-7-6-15(12-19(16)25)27-9-10-31-13-20(27)17-4-3-5-18(24)21(17)23/h3-8,11-12,14,20H,9-10,13H2,1-2H3,(H,26,28)/b11-8+/t14-,20?/m1/s1. The Morgan fingerprint density at radius 2 is 2.03 bits per heavy atom. The number of rotatable bonds is 6. The highest BCUT2D eigenvalue weighted by molar-refractivity contribution is 7.93. The minimum atomic E-state index is -3.33. The third-order valence-corrected chi connectivity index (χ3v) is 6.02. The van der Waals surface area contributed by atoms with Gasteiger partial charge in [0.15, 0.2) is 9.84 Å².